The van der Waals surface area contributed by atoms with E-state index in [4.69, 9.17) is 0 Å². The van der Waals surface area contributed by atoms with Crippen molar-refractivity contribution in [2.45, 2.75) is 57.5 Å². The van der Waals surface area contributed by atoms with Gasteiger partial charge in [0.05, 0.1) is 5.56 Å². The third-order valence-corrected chi connectivity index (χ3v) is 7.67. The summed E-state index contributed by atoms with van der Waals surface area (Å²) in [7, 11) is 1.96. The molecule has 1 aromatic rings. The Bertz CT molecular complexity index is 749. The van der Waals surface area contributed by atoms with Crippen molar-refractivity contribution in [2.75, 3.05) is 33.2 Å². The van der Waals surface area contributed by atoms with Crippen molar-refractivity contribution in [3.05, 3.63) is 35.4 Å². The van der Waals surface area contributed by atoms with E-state index in [0.29, 0.717) is 23.7 Å². The second-order valence-corrected chi connectivity index (χ2v) is 9.78. The van der Waals surface area contributed by atoms with E-state index in [0.717, 1.165) is 57.1 Å². The van der Waals surface area contributed by atoms with E-state index in [1.165, 1.54) is 37.8 Å². The van der Waals surface area contributed by atoms with Gasteiger partial charge in [-0.15, -0.1) is 0 Å². The average molecular weight is 423 g/mol. The van der Waals surface area contributed by atoms with Crippen LogP contribution in [0.2, 0.25) is 0 Å². The van der Waals surface area contributed by atoms with Crippen LogP contribution in [0, 0.1) is 17.3 Å². The van der Waals surface area contributed by atoms with Gasteiger partial charge < -0.3 is 9.80 Å². The molecular formula is C24H33F3N2O. The van der Waals surface area contributed by atoms with Crippen molar-refractivity contribution in [1.29, 1.82) is 0 Å². The lowest BCUT2D eigenvalue weighted by molar-refractivity contribution is -0.137. The van der Waals surface area contributed by atoms with Crippen molar-refractivity contribution in [1.82, 2.24) is 9.80 Å². The number of likely N-dealkylation sites (tertiary alicyclic amines) is 1. The smallest absolute Gasteiger partial charge is 0.345 e. The van der Waals surface area contributed by atoms with E-state index in [1.807, 2.05) is 11.9 Å². The van der Waals surface area contributed by atoms with E-state index >= 15 is 0 Å². The summed E-state index contributed by atoms with van der Waals surface area (Å²) in [6, 6.07) is 5.66. The largest absolute Gasteiger partial charge is 0.416 e. The number of halogens is 3. The Hall–Kier alpha value is -1.56. The van der Waals surface area contributed by atoms with Crippen LogP contribution in [0.5, 0.6) is 0 Å². The summed E-state index contributed by atoms with van der Waals surface area (Å²) in [5.74, 6) is 1.16. The third-order valence-electron chi connectivity index (χ3n) is 7.67. The summed E-state index contributed by atoms with van der Waals surface area (Å²) in [6.45, 7) is 3.54. The number of nitrogens with zero attached hydrogens (tertiary/aromatic N) is 2. The predicted octanol–water partition coefficient (Wildman–Crippen LogP) is 5.00. The molecule has 1 amide bonds. The molecule has 1 atom stereocenters. The molecule has 3 nitrogen and oxygen atoms in total. The molecule has 0 bridgehead atoms. The summed E-state index contributed by atoms with van der Waals surface area (Å²) in [4.78, 5) is 17.1. The van der Waals surface area contributed by atoms with Crippen LogP contribution in [-0.2, 0) is 17.4 Å². The highest BCUT2D eigenvalue weighted by atomic mass is 19.4. The highest BCUT2D eigenvalue weighted by Gasteiger charge is 2.59. The van der Waals surface area contributed by atoms with Gasteiger partial charge in [0.25, 0.3) is 0 Å². The number of rotatable bonds is 6. The molecule has 3 aliphatic rings. The Morgan fingerprint density at radius 1 is 1.20 bits per heavy atom. The molecule has 1 aromatic carbocycles. The van der Waals surface area contributed by atoms with Crippen LogP contribution < -0.4 is 0 Å². The molecule has 2 aliphatic carbocycles. The molecule has 1 unspecified atom stereocenters. The minimum absolute atomic E-state index is 0.276. The van der Waals surface area contributed by atoms with Crippen LogP contribution in [0.15, 0.2) is 24.3 Å². The number of carbonyl (C=O) groups excluding carboxylic acids is 1. The molecule has 1 saturated heterocycles. The van der Waals surface area contributed by atoms with Gasteiger partial charge in [-0.3, -0.25) is 4.79 Å². The zero-order chi connectivity index (χ0) is 21.4. The molecule has 3 fully saturated rings. The fourth-order valence-electron chi connectivity index (χ4n) is 5.65. The first-order valence-corrected chi connectivity index (χ1v) is 11.4. The van der Waals surface area contributed by atoms with Crippen LogP contribution >= 0.6 is 0 Å². The van der Waals surface area contributed by atoms with Gasteiger partial charge in [0.1, 0.15) is 0 Å². The van der Waals surface area contributed by atoms with E-state index < -0.39 is 11.7 Å². The molecule has 0 radical (unpaired) electrons. The number of hydrogen-bond donors (Lipinski definition) is 0. The zero-order valence-corrected chi connectivity index (χ0v) is 17.9. The number of amides is 1. The molecule has 1 heterocycles. The van der Waals surface area contributed by atoms with E-state index in [-0.39, 0.29) is 5.92 Å². The fraction of sp³-hybridized carbons (Fsp3) is 0.708. The van der Waals surface area contributed by atoms with E-state index in [2.05, 4.69) is 4.90 Å². The van der Waals surface area contributed by atoms with Crippen molar-refractivity contribution in [3.63, 3.8) is 0 Å². The van der Waals surface area contributed by atoms with Gasteiger partial charge in [0.15, 0.2) is 0 Å². The van der Waals surface area contributed by atoms with Gasteiger partial charge in [0.2, 0.25) is 5.91 Å². The van der Waals surface area contributed by atoms with Crippen LogP contribution in [0.3, 0.4) is 0 Å². The summed E-state index contributed by atoms with van der Waals surface area (Å²) < 4.78 is 38.6. The molecule has 2 saturated carbocycles. The third kappa shape index (κ3) is 4.84. The molecule has 0 N–H and O–H groups in total. The topological polar surface area (TPSA) is 23.6 Å². The number of alkyl halides is 3. The first kappa shape index (κ1) is 21.7. The monoisotopic (exact) mass is 422 g/mol. The molecule has 1 aliphatic heterocycles. The minimum atomic E-state index is -4.28. The highest BCUT2D eigenvalue weighted by molar-refractivity contribution is 5.82. The standard InChI is InChI=1S/C24H33F3N2O/c1-28(22(30)21-16-23(21)10-2-3-11-23)17-19-8-13-29(14-9-19)12-7-18-5-4-6-20(15-18)24(25,26)27/h4-6,15,19,21H,2-3,7-14,16-17H2,1H3. The summed E-state index contributed by atoms with van der Waals surface area (Å²) in [5.41, 5.74) is 0.530. The number of piperidine rings is 1. The second kappa shape index (κ2) is 8.52. The lowest BCUT2D eigenvalue weighted by Crippen LogP contribution is -2.40. The minimum Gasteiger partial charge on any atom is -0.345 e. The Morgan fingerprint density at radius 3 is 2.57 bits per heavy atom. The van der Waals surface area contributed by atoms with Gasteiger partial charge in [-0.05, 0) is 74.6 Å². The summed E-state index contributed by atoms with van der Waals surface area (Å²) in [5, 5.41) is 0. The fourth-order valence-corrected chi connectivity index (χ4v) is 5.65. The highest BCUT2D eigenvalue weighted by Crippen LogP contribution is 2.63. The normalized spacial score (nSPS) is 24.3. The van der Waals surface area contributed by atoms with Gasteiger partial charge in [-0.2, -0.15) is 13.2 Å². The van der Waals surface area contributed by atoms with Crippen LogP contribution in [-0.4, -0.2) is 48.9 Å². The maximum Gasteiger partial charge on any atom is 0.416 e. The van der Waals surface area contributed by atoms with Crippen LogP contribution in [0.4, 0.5) is 13.2 Å². The van der Waals surface area contributed by atoms with Gasteiger partial charge in [-0.1, -0.05) is 31.0 Å². The first-order valence-electron chi connectivity index (χ1n) is 11.4. The second-order valence-electron chi connectivity index (χ2n) is 9.78. The molecule has 0 aromatic heterocycles. The Balaban J connectivity index is 1.19. The van der Waals surface area contributed by atoms with Gasteiger partial charge in [0, 0.05) is 26.1 Å². The van der Waals surface area contributed by atoms with E-state index in [1.54, 1.807) is 6.07 Å². The van der Waals surface area contributed by atoms with Crippen molar-refractivity contribution in [3.8, 4) is 0 Å². The maximum atomic E-state index is 12.9. The molecular weight excluding hydrogens is 389 g/mol. The quantitative estimate of drug-likeness (QED) is 0.644. The Morgan fingerprint density at radius 2 is 1.90 bits per heavy atom. The molecule has 1 spiro atoms. The number of benzene rings is 1. The molecule has 166 valence electrons. The average Bonchev–Trinajstić information content (AvgIpc) is 3.22. The van der Waals surface area contributed by atoms with Crippen LogP contribution in [0.25, 0.3) is 0 Å². The first-order chi connectivity index (χ1) is 14.3. The predicted molar refractivity (Wildman–Crippen MR) is 111 cm³/mol. The lowest BCUT2D eigenvalue weighted by Gasteiger charge is -2.34. The zero-order valence-electron chi connectivity index (χ0n) is 17.9. The molecule has 4 rings (SSSR count). The van der Waals surface area contributed by atoms with Crippen molar-refractivity contribution >= 4 is 5.91 Å². The summed E-state index contributed by atoms with van der Waals surface area (Å²) >= 11 is 0. The van der Waals surface area contributed by atoms with Crippen LogP contribution in [0.1, 0.15) is 56.1 Å². The van der Waals surface area contributed by atoms with Gasteiger partial charge >= 0.3 is 6.18 Å². The number of carbonyl (C=O) groups is 1. The Kier molecular flexibility index (Phi) is 6.16. The molecule has 6 heteroatoms. The molecule has 30 heavy (non-hydrogen) atoms. The van der Waals surface area contributed by atoms with Crippen molar-refractivity contribution < 1.29 is 18.0 Å². The number of hydrogen-bond acceptors (Lipinski definition) is 2. The van der Waals surface area contributed by atoms with Crippen molar-refractivity contribution in [2.24, 2.45) is 17.3 Å². The Labute approximate surface area is 177 Å². The van der Waals surface area contributed by atoms with E-state index in [9.17, 15) is 18.0 Å². The maximum absolute atomic E-state index is 12.9. The summed E-state index contributed by atoms with van der Waals surface area (Å²) in [6.07, 6.45) is 4.60. The van der Waals surface area contributed by atoms with Gasteiger partial charge in [-0.25, -0.2) is 0 Å². The lowest BCUT2D eigenvalue weighted by atomic mass is 9.95. The SMILES string of the molecule is CN(CC1CCN(CCc2cccc(C(F)(F)F)c2)CC1)C(=O)C1CC12CCCC2.